The highest BCUT2D eigenvalue weighted by Gasteiger charge is 2.27. The number of primary sulfonamides is 1. The minimum atomic E-state index is -3.74. The Kier molecular flexibility index (Phi) is 7.68. The van der Waals surface area contributed by atoms with Crippen LogP contribution in [0.5, 0.6) is 5.75 Å². The second-order valence-electron chi connectivity index (χ2n) is 7.65. The summed E-state index contributed by atoms with van der Waals surface area (Å²) in [6.45, 7) is 4.41. The van der Waals surface area contributed by atoms with Gasteiger partial charge in [0.1, 0.15) is 11.6 Å². The monoisotopic (exact) mass is 513 g/mol. The molecule has 3 rings (SSSR count). The van der Waals surface area contributed by atoms with Crippen LogP contribution >= 0.6 is 15.9 Å². The first-order valence-electron chi connectivity index (χ1n) is 9.78. The van der Waals surface area contributed by atoms with Crippen LogP contribution in [0.15, 0.2) is 46.9 Å². The van der Waals surface area contributed by atoms with Gasteiger partial charge in [0.15, 0.2) is 6.61 Å². The zero-order valence-corrected chi connectivity index (χ0v) is 19.5. The van der Waals surface area contributed by atoms with Gasteiger partial charge >= 0.3 is 0 Å². The van der Waals surface area contributed by atoms with Gasteiger partial charge in [-0.2, -0.15) is 0 Å². The number of carbonyl (C=O) groups is 1. The minimum absolute atomic E-state index is 0.0147. The van der Waals surface area contributed by atoms with E-state index in [1.165, 1.54) is 12.1 Å². The van der Waals surface area contributed by atoms with Crippen molar-refractivity contribution in [3.05, 3.63) is 63.9 Å². The first kappa shape index (κ1) is 23.6. The standard InChI is InChI=1S/C21H25BrFN3O4S/c1-15-11-25(12-16-2-5-19(23)6-3-16)8-9-26(15)21(27)13-30-20-7-4-18(22)10-17(20)14-31(24,28)29/h2-7,10,15H,8-9,11-14H2,1H3,(H2,24,28,29)/t15-/m1/s1. The first-order chi connectivity index (χ1) is 14.6. The van der Waals surface area contributed by atoms with Crippen molar-refractivity contribution >= 4 is 31.9 Å². The molecule has 0 bridgehead atoms. The quantitative estimate of drug-likeness (QED) is 0.613. The van der Waals surface area contributed by atoms with E-state index < -0.39 is 10.0 Å². The van der Waals surface area contributed by atoms with Crippen molar-refractivity contribution in [1.82, 2.24) is 9.80 Å². The Morgan fingerprint density at radius 1 is 1.23 bits per heavy atom. The van der Waals surface area contributed by atoms with Gasteiger partial charge in [-0.15, -0.1) is 0 Å². The normalized spacial score (nSPS) is 17.5. The topological polar surface area (TPSA) is 92.9 Å². The molecule has 2 aromatic rings. The number of nitrogens with two attached hydrogens (primary N) is 1. The summed E-state index contributed by atoms with van der Waals surface area (Å²) in [5.74, 6) is -0.494. The predicted octanol–water partition coefficient (Wildman–Crippen LogP) is 2.49. The molecule has 2 N–H and O–H groups in total. The van der Waals surface area contributed by atoms with E-state index in [1.807, 2.05) is 6.92 Å². The molecule has 10 heteroatoms. The van der Waals surface area contributed by atoms with E-state index in [1.54, 1.807) is 35.2 Å². The third kappa shape index (κ3) is 6.99. The summed E-state index contributed by atoms with van der Waals surface area (Å²) in [7, 11) is -3.74. The molecule has 1 aliphatic heterocycles. The van der Waals surface area contributed by atoms with E-state index in [-0.39, 0.29) is 30.1 Å². The van der Waals surface area contributed by atoms with E-state index in [2.05, 4.69) is 20.8 Å². The summed E-state index contributed by atoms with van der Waals surface area (Å²) in [6, 6.07) is 11.3. The van der Waals surface area contributed by atoms with Crippen LogP contribution in [0.25, 0.3) is 0 Å². The predicted molar refractivity (Wildman–Crippen MR) is 119 cm³/mol. The van der Waals surface area contributed by atoms with Crippen LogP contribution < -0.4 is 9.88 Å². The summed E-state index contributed by atoms with van der Waals surface area (Å²) in [4.78, 5) is 16.7. The molecule has 0 radical (unpaired) electrons. The van der Waals surface area contributed by atoms with Crippen LogP contribution in [0.1, 0.15) is 18.1 Å². The van der Waals surface area contributed by atoms with Gasteiger partial charge in [0.25, 0.3) is 5.91 Å². The van der Waals surface area contributed by atoms with Gasteiger partial charge in [-0.05, 0) is 42.8 Å². The lowest BCUT2D eigenvalue weighted by atomic mass is 10.1. The number of rotatable bonds is 7. The Morgan fingerprint density at radius 2 is 1.94 bits per heavy atom. The molecule has 1 heterocycles. The molecule has 0 unspecified atom stereocenters. The molecule has 0 spiro atoms. The largest absolute Gasteiger partial charge is 0.483 e. The Morgan fingerprint density at radius 3 is 2.58 bits per heavy atom. The number of hydrogen-bond acceptors (Lipinski definition) is 5. The Labute approximate surface area is 190 Å². The first-order valence-corrected chi connectivity index (χ1v) is 12.3. The molecule has 1 atom stereocenters. The molecular formula is C21H25BrFN3O4S. The minimum Gasteiger partial charge on any atom is -0.483 e. The maximum absolute atomic E-state index is 13.1. The maximum Gasteiger partial charge on any atom is 0.260 e. The number of halogens is 2. The highest BCUT2D eigenvalue weighted by atomic mass is 79.9. The number of carbonyl (C=O) groups excluding carboxylic acids is 1. The summed E-state index contributed by atoms with van der Waals surface area (Å²) in [5, 5.41) is 5.16. The van der Waals surface area contributed by atoms with Gasteiger partial charge in [-0.3, -0.25) is 9.69 Å². The van der Waals surface area contributed by atoms with E-state index >= 15 is 0 Å². The second kappa shape index (κ2) is 10.1. The lowest BCUT2D eigenvalue weighted by molar-refractivity contribution is -0.138. The molecule has 0 aliphatic carbocycles. The average Bonchev–Trinajstić information content (AvgIpc) is 2.68. The Bertz CT molecular complexity index is 1030. The summed E-state index contributed by atoms with van der Waals surface area (Å²) < 4.78 is 42.4. The fourth-order valence-corrected chi connectivity index (χ4v) is 4.70. The van der Waals surface area contributed by atoms with Gasteiger partial charge in [0.05, 0.1) is 5.75 Å². The summed E-state index contributed by atoms with van der Waals surface area (Å²) >= 11 is 3.30. The smallest absolute Gasteiger partial charge is 0.260 e. The molecule has 2 aromatic carbocycles. The zero-order chi connectivity index (χ0) is 22.6. The number of amides is 1. The maximum atomic E-state index is 13.1. The third-order valence-corrected chi connectivity index (χ3v) is 6.29. The van der Waals surface area contributed by atoms with Crippen molar-refractivity contribution in [2.24, 2.45) is 5.14 Å². The van der Waals surface area contributed by atoms with Crippen molar-refractivity contribution in [3.8, 4) is 5.75 Å². The van der Waals surface area contributed by atoms with Gasteiger partial charge in [-0.25, -0.2) is 17.9 Å². The zero-order valence-electron chi connectivity index (χ0n) is 17.1. The van der Waals surface area contributed by atoms with Gasteiger partial charge < -0.3 is 9.64 Å². The molecule has 1 aliphatic rings. The van der Waals surface area contributed by atoms with Crippen molar-refractivity contribution in [2.45, 2.75) is 25.3 Å². The SMILES string of the molecule is C[C@@H]1CN(Cc2ccc(F)cc2)CCN1C(=O)COc1ccc(Br)cc1CS(N)(=O)=O. The Balaban J connectivity index is 1.56. The lowest BCUT2D eigenvalue weighted by Gasteiger charge is -2.39. The lowest BCUT2D eigenvalue weighted by Crippen LogP contribution is -2.54. The van der Waals surface area contributed by atoms with Crippen LogP contribution in [-0.4, -0.2) is 56.4 Å². The Hall–Kier alpha value is -2.01. The van der Waals surface area contributed by atoms with E-state index in [9.17, 15) is 17.6 Å². The molecule has 168 valence electrons. The molecular weight excluding hydrogens is 489 g/mol. The third-order valence-electron chi connectivity index (χ3n) is 5.08. The van der Waals surface area contributed by atoms with E-state index in [4.69, 9.17) is 9.88 Å². The van der Waals surface area contributed by atoms with Crippen molar-refractivity contribution in [2.75, 3.05) is 26.2 Å². The molecule has 1 saturated heterocycles. The summed E-state index contributed by atoms with van der Waals surface area (Å²) in [6.07, 6.45) is 0. The van der Waals surface area contributed by atoms with E-state index in [0.717, 1.165) is 5.56 Å². The van der Waals surface area contributed by atoms with Crippen LogP contribution in [0, 0.1) is 5.82 Å². The number of nitrogens with zero attached hydrogens (tertiary/aromatic N) is 2. The van der Waals surface area contributed by atoms with Crippen molar-refractivity contribution in [3.63, 3.8) is 0 Å². The van der Waals surface area contributed by atoms with Gasteiger partial charge in [0.2, 0.25) is 10.0 Å². The van der Waals surface area contributed by atoms with E-state index in [0.29, 0.717) is 42.0 Å². The molecule has 7 nitrogen and oxygen atoms in total. The number of benzene rings is 2. The van der Waals surface area contributed by atoms with Crippen LogP contribution in [-0.2, 0) is 27.1 Å². The number of sulfonamides is 1. The molecule has 0 saturated carbocycles. The molecule has 31 heavy (non-hydrogen) atoms. The molecule has 0 aromatic heterocycles. The summed E-state index contributed by atoms with van der Waals surface area (Å²) in [5.41, 5.74) is 1.41. The van der Waals surface area contributed by atoms with Crippen LogP contribution in [0.3, 0.4) is 0 Å². The number of piperazine rings is 1. The van der Waals surface area contributed by atoms with Gasteiger partial charge in [-0.1, -0.05) is 28.1 Å². The number of ether oxygens (including phenoxy) is 1. The van der Waals surface area contributed by atoms with Crippen molar-refractivity contribution < 1.29 is 22.3 Å². The highest BCUT2D eigenvalue weighted by Crippen LogP contribution is 2.25. The van der Waals surface area contributed by atoms with Crippen LogP contribution in [0.2, 0.25) is 0 Å². The second-order valence-corrected chi connectivity index (χ2v) is 10.2. The average molecular weight is 514 g/mol. The molecule has 1 fully saturated rings. The fraction of sp³-hybridized carbons (Fsp3) is 0.381. The fourth-order valence-electron chi connectivity index (χ4n) is 3.64. The van der Waals surface area contributed by atoms with Crippen LogP contribution in [0.4, 0.5) is 4.39 Å². The van der Waals surface area contributed by atoms with Crippen molar-refractivity contribution in [1.29, 1.82) is 0 Å². The molecule has 1 amide bonds. The highest BCUT2D eigenvalue weighted by molar-refractivity contribution is 9.10. The number of hydrogen-bond donors (Lipinski definition) is 1. The van der Waals surface area contributed by atoms with Gasteiger partial charge in [0, 0.05) is 42.3 Å².